The van der Waals surface area contributed by atoms with Crippen LogP contribution < -0.4 is 22.1 Å². The Morgan fingerprint density at radius 3 is 2.23 bits per heavy atom. The summed E-state index contributed by atoms with van der Waals surface area (Å²) in [6.45, 7) is 0.281. The van der Waals surface area contributed by atoms with E-state index in [4.69, 9.17) is 11.5 Å². The Bertz CT molecular complexity index is 611. The third kappa shape index (κ3) is 8.03. The molecule has 2 amide bonds. The van der Waals surface area contributed by atoms with Crippen LogP contribution in [0.2, 0.25) is 0 Å². The van der Waals surface area contributed by atoms with Crippen molar-refractivity contribution in [3.63, 3.8) is 0 Å². The van der Waals surface area contributed by atoms with Gasteiger partial charge in [0.15, 0.2) is 5.96 Å². The van der Waals surface area contributed by atoms with Crippen LogP contribution >= 0.6 is 24.0 Å². The second kappa shape index (κ2) is 11.7. The molecular weight excluding hydrogens is 445 g/mol. The molecule has 0 aromatic heterocycles. The summed E-state index contributed by atoms with van der Waals surface area (Å²) >= 11 is 0. The zero-order chi connectivity index (χ0) is 18.1. The number of aliphatic imine (C=N–C) groups is 1. The van der Waals surface area contributed by atoms with Crippen LogP contribution in [-0.4, -0.2) is 30.4 Å². The molecule has 0 heterocycles. The van der Waals surface area contributed by atoms with E-state index in [0.29, 0.717) is 24.1 Å². The van der Waals surface area contributed by atoms with E-state index in [-0.39, 0.29) is 36.4 Å². The van der Waals surface area contributed by atoms with E-state index in [2.05, 4.69) is 15.6 Å². The zero-order valence-corrected chi connectivity index (χ0v) is 17.2. The Labute approximate surface area is 171 Å². The van der Waals surface area contributed by atoms with E-state index < -0.39 is 5.91 Å². The van der Waals surface area contributed by atoms with Crippen molar-refractivity contribution in [1.29, 1.82) is 0 Å². The Balaban J connectivity index is 0.00000338. The molecule has 1 aliphatic rings. The zero-order valence-electron chi connectivity index (χ0n) is 14.9. The molecule has 0 bridgehead atoms. The summed E-state index contributed by atoms with van der Waals surface area (Å²) in [6.07, 6.45) is 7.37. The smallest absolute Gasteiger partial charge is 0.251 e. The monoisotopic (exact) mass is 473 g/mol. The molecule has 8 heteroatoms. The van der Waals surface area contributed by atoms with Crippen molar-refractivity contribution < 1.29 is 9.59 Å². The van der Waals surface area contributed by atoms with E-state index in [1.807, 2.05) is 12.1 Å². The standard InChI is InChI=1S/C18H27N5O2.HI/c19-16(24)12-21-17(25)14-9-7-13(8-10-14)11-22-18(20)23-15-5-3-1-2-4-6-15;/h7-10,15H,1-6,11-12H2,(H2,19,24)(H,21,25)(H3,20,22,23);1H. The van der Waals surface area contributed by atoms with Gasteiger partial charge < -0.3 is 22.1 Å². The maximum Gasteiger partial charge on any atom is 0.251 e. The van der Waals surface area contributed by atoms with Crippen LogP contribution in [0, 0.1) is 0 Å². The van der Waals surface area contributed by atoms with Gasteiger partial charge in [0.1, 0.15) is 0 Å². The maximum atomic E-state index is 11.8. The van der Waals surface area contributed by atoms with Crippen molar-refractivity contribution >= 4 is 41.8 Å². The molecule has 0 atom stereocenters. The van der Waals surface area contributed by atoms with Crippen LogP contribution in [0.4, 0.5) is 0 Å². The SMILES string of the molecule is I.NC(=O)CNC(=O)c1ccc(CN=C(N)NC2CCCCCC2)cc1. The van der Waals surface area contributed by atoms with Gasteiger partial charge in [-0.05, 0) is 30.5 Å². The molecule has 26 heavy (non-hydrogen) atoms. The molecule has 144 valence electrons. The molecule has 1 aromatic carbocycles. The summed E-state index contributed by atoms with van der Waals surface area (Å²) in [5, 5.41) is 5.75. The van der Waals surface area contributed by atoms with Crippen molar-refractivity contribution in [3.8, 4) is 0 Å². The number of nitrogens with zero attached hydrogens (tertiary/aromatic N) is 1. The summed E-state index contributed by atoms with van der Waals surface area (Å²) in [4.78, 5) is 26.8. The van der Waals surface area contributed by atoms with E-state index in [1.165, 1.54) is 25.7 Å². The predicted molar refractivity (Wildman–Crippen MR) is 113 cm³/mol. The first-order valence-electron chi connectivity index (χ1n) is 8.76. The number of hydrogen-bond acceptors (Lipinski definition) is 3. The number of hydrogen-bond donors (Lipinski definition) is 4. The van der Waals surface area contributed by atoms with Gasteiger partial charge >= 0.3 is 0 Å². The van der Waals surface area contributed by atoms with Gasteiger partial charge in [-0.2, -0.15) is 0 Å². The molecule has 1 saturated carbocycles. The molecule has 0 aliphatic heterocycles. The third-order valence-electron chi connectivity index (χ3n) is 4.28. The number of guanidine groups is 1. The van der Waals surface area contributed by atoms with E-state index in [0.717, 1.165) is 18.4 Å². The normalized spacial score (nSPS) is 15.5. The van der Waals surface area contributed by atoms with Gasteiger partial charge in [-0.1, -0.05) is 37.8 Å². The quantitative estimate of drug-likeness (QED) is 0.217. The Kier molecular flexibility index (Phi) is 10.0. The molecule has 1 aromatic rings. The number of benzene rings is 1. The summed E-state index contributed by atoms with van der Waals surface area (Å²) in [7, 11) is 0. The Morgan fingerprint density at radius 2 is 1.65 bits per heavy atom. The van der Waals surface area contributed by atoms with Crippen molar-refractivity contribution in [3.05, 3.63) is 35.4 Å². The lowest BCUT2D eigenvalue weighted by atomic mass is 10.1. The van der Waals surface area contributed by atoms with E-state index in [9.17, 15) is 9.59 Å². The molecule has 1 aliphatic carbocycles. The number of carbonyl (C=O) groups excluding carboxylic acids is 2. The topological polar surface area (TPSA) is 123 Å². The second-order valence-electron chi connectivity index (χ2n) is 6.38. The van der Waals surface area contributed by atoms with Gasteiger partial charge in [0.25, 0.3) is 5.91 Å². The molecular formula is C18H28IN5O2. The van der Waals surface area contributed by atoms with Gasteiger partial charge in [-0.3, -0.25) is 9.59 Å². The number of nitrogens with two attached hydrogens (primary N) is 2. The van der Waals surface area contributed by atoms with Crippen LogP contribution in [0.5, 0.6) is 0 Å². The van der Waals surface area contributed by atoms with Crippen molar-refractivity contribution in [2.45, 2.75) is 51.1 Å². The molecule has 7 nitrogen and oxygen atoms in total. The summed E-state index contributed by atoms with van der Waals surface area (Å²) in [5.74, 6) is -0.436. The van der Waals surface area contributed by atoms with Gasteiger partial charge in [0, 0.05) is 11.6 Å². The van der Waals surface area contributed by atoms with Crippen molar-refractivity contribution in [1.82, 2.24) is 10.6 Å². The van der Waals surface area contributed by atoms with Crippen LogP contribution in [0.15, 0.2) is 29.3 Å². The third-order valence-corrected chi connectivity index (χ3v) is 4.28. The fourth-order valence-corrected chi connectivity index (χ4v) is 2.89. The largest absolute Gasteiger partial charge is 0.370 e. The highest BCUT2D eigenvalue weighted by Gasteiger charge is 2.12. The van der Waals surface area contributed by atoms with Gasteiger partial charge in [0.2, 0.25) is 5.91 Å². The summed E-state index contributed by atoms with van der Waals surface area (Å²) in [6, 6.07) is 7.44. The minimum Gasteiger partial charge on any atom is -0.370 e. The lowest BCUT2D eigenvalue weighted by Crippen LogP contribution is -2.39. The number of rotatable bonds is 6. The van der Waals surface area contributed by atoms with Gasteiger partial charge in [0.05, 0.1) is 13.1 Å². The molecule has 2 rings (SSSR count). The molecule has 6 N–H and O–H groups in total. The second-order valence-corrected chi connectivity index (χ2v) is 6.38. The fraction of sp³-hybridized carbons (Fsp3) is 0.500. The number of carbonyl (C=O) groups is 2. The van der Waals surface area contributed by atoms with E-state index in [1.54, 1.807) is 12.1 Å². The van der Waals surface area contributed by atoms with E-state index >= 15 is 0 Å². The summed E-state index contributed by atoms with van der Waals surface area (Å²) < 4.78 is 0. The van der Waals surface area contributed by atoms with Gasteiger partial charge in [-0.25, -0.2) is 4.99 Å². The van der Waals surface area contributed by atoms with Crippen molar-refractivity contribution in [2.75, 3.05) is 6.54 Å². The highest BCUT2D eigenvalue weighted by molar-refractivity contribution is 14.0. The Morgan fingerprint density at radius 1 is 1.04 bits per heavy atom. The van der Waals surface area contributed by atoms with Crippen LogP contribution in [-0.2, 0) is 11.3 Å². The first kappa shape index (κ1) is 22.2. The summed E-state index contributed by atoms with van der Waals surface area (Å²) in [5.41, 5.74) is 12.4. The first-order valence-corrected chi connectivity index (χ1v) is 8.76. The lowest BCUT2D eigenvalue weighted by Gasteiger charge is -2.16. The Hall–Kier alpha value is -1.84. The molecule has 0 saturated heterocycles. The van der Waals surface area contributed by atoms with Crippen LogP contribution in [0.25, 0.3) is 0 Å². The van der Waals surface area contributed by atoms with Crippen LogP contribution in [0.1, 0.15) is 54.4 Å². The number of primary amides is 1. The number of amides is 2. The minimum atomic E-state index is -0.573. The minimum absolute atomic E-state index is 0. The van der Waals surface area contributed by atoms with Crippen molar-refractivity contribution in [2.24, 2.45) is 16.5 Å². The molecule has 0 spiro atoms. The first-order chi connectivity index (χ1) is 12.0. The number of halogens is 1. The average Bonchev–Trinajstić information content (AvgIpc) is 2.87. The molecule has 1 fully saturated rings. The van der Waals surface area contributed by atoms with Crippen LogP contribution in [0.3, 0.4) is 0 Å². The predicted octanol–water partition coefficient (Wildman–Crippen LogP) is 1.65. The number of nitrogens with one attached hydrogen (secondary N) is 2. The fourth-order valence-electron chi connectivity index (χ4n) is 2.89. The maximum absolute atomic E-state index is 11.8. The molecule has 0 radical (unpaired) electrons. The lowest BCUT2D eigenvalue weighted by molar-refractivity contribution is -0.117. The highest BCUT2D eigenvalue weighted by atomic mass is 127. The van der Waals surface area contributed by atoms with Gasteiger partial charge in [-0.15, -0.1) is 24.0 Å². The average molecular weight is 473 g/mol. The molecule has 0 unspecified atom stereocenters. The highest BCUT2D eigenvalue weighted by Crippen LogP contribution is 2.17.